The topological polar surface area (TPSA) is 79.9 Å². The Labute approximate surface area is 149 Å². The van der Waals surface area contributed by atoms with E-state index in [1.54, 1.807) is 13.1 Å². The number of pyridine rings is 1. The molecule has 0 saturated heterocycles. The quantitative estimate of drug-likeness (QED) is 0.712. The van der Waals surface area contributed by atoms with Crippen molar-refractivity contribution in [2.75, 3.05) is 6.61 Å². The number of hydrogen-bond acceptors (Lipinski definition) is 4. The fourth-order valence-electron chi connectivity index (χ4n) is 3.13. The van der Waals surface area contributed by atoms with Crippen molar-refractivity contribution in [3.63, 3.8) is 0 Å². The van der Waals surface area contributed by atoms with Crippen LogP contribution < -0.4 is 10.1 Å². The summed E-state index contributed by atoms with van der Waals surface area (Å²) >= 11 is 0. The summed E-state index contributed by atoms with van der Waals surface area (Å²) in [6.07, 6.45) is 5.43. The maximum absolute atomic E-state index is 13.9. The summed E-state index contributed by atoms with van der Waals surface area (Å²) in [5, 5.41) is 10.9. The SMILES string of the molecule is CCOc1ncc(C(=O)NCc2c(C3CC3)ccc3[nH]ncc23)cc1F. The Kier molecular flexibility index (Phi) is 4.28. The van der Waals surface area contributed by atoms with Crippen molar-refractivity contribution in [3.05, 3.63) is 53.1 Å². The zero-order valence-corrected chi connectivity index (χ0v) is 14.4. The minimum atomic E-state index is -0.643. The Bertz CT molecular complexity index is 965. The van der Waals surface area contributed by atoms with E-state index in [0.717, 1.165) is 22.5 Å². The number of carbonyl (C=O) groups excluding carboxylic acids is 1. The van der Waals surface area contributed by atoms with E-state index in [1.165, 1.54) is 24.6 Å². The Morgan fingerprint density at radius 3 is 2.96 bits per heavy atom. The number of H-pyrrole nitrogens is 1. The highest BCUT2D eigenvalue weighted by molar-refractivity contribution is 5.94. The molecular weight excluding hydrogens is 335 g/mol. The van der Waals surface area contributed by atoms with Gasteiger partial charge < -0.3 is 10.1 Å². The first-order chi connectivity index (χ1) is 12.7. The summed E-state index contributed by atoms with van der Waals surface area (Å²) in [5.41, 5.74) is 3.41. The van der Waals surface area contributed by atoms with Crippen LogP contribution in [0.5, 0.6) is 5.88 Å². The van der Waals surface area contributed by atoms with Gasteiger partial charge in [0.1, 0.15) is 0 Å². The van der Waals surface area contributed by atoms with Gasteiger partial charge in [-0.1, -0.05) is 6.07 Å². The van der Waals surface area contributed by atoms with Crippen LogP contribution in [0, 0.1) is 5.82 Å². The van der Waals surface area contributed by atoms with Gasteiger partial charge in [-0.3, -0.25) is 9.89 Å². The average Bonchev–Trinajstić information content (AvgIpc) is 3.37. The Morgan fingerprint density at radius 2 is 2.23 bits per heavy atom. The van der Waals surface area contributed by atoms with Gasteiger partial charge in [-0.25, -0.2) is 9.37 Å². The van der Waals surface area contributed by atoms with Crippen molar-refractivity contribution in [2.24, 2.45) is 0 Å². The molecule has 1 amide bonds. The first-order valence-electron chi connectivity index (χ1n) is 8.68. The van der Waals surface area contributed by atoms with E-state index in [-0.39, 0.29) is 17.4 Å². The van der Waals surface area contributed by atoms with Crippen LogP contribution >= 0.6 is 0 Å². The van der Waals surface area contributed by atoms with Crippen molar-refractivity contribution in [1.82, 2.24) is 20.5 Å². The van der Waals surface area contributed by atoms with Crippen LogP contribution in [-0.2, 0) is 6.54 Å². The molecule has 3 aromatic rings. The molecule has 0 unspecified atom stereocenters. The number of aromatic amines is 1. The van der Waals surface area contributed by atoms with E-state index < -0.39 is 5.82 Å². The number of benzene rings is 1. The van der Waals surface area contributed by atoms with Gasteiger partial charge in [0.15, 0.2) is 5.82 Å². The molecule has 1 aliphatic carbocycles. The number of ether oxygens (including phenoxy) is 1. The largest absolute Gasteiger partial charge is 0.476 e. The summed E-state index contributed by atoms with van der Waals surface area (Å²) in [6, 6.07) is 5.26. The molecule has 4 rings (SSSR count). The lowest BCUT2D eigenvalue weighted by molar-refractivity contribution is 0.0950. The summed E-state index contributed by atoms with van der Waals surface area (Å²) in [5.74, 6) is -0.564. The van der Waals surface area contributed by atoms with Crippen molar-refractivity contribution in [1.29, 1.82) is 0 Å². The van der Waals surface area contributed by atoms with Crippen LogP contribution in [0.1, 0.15) is 47.2 Å². The highest BCUT2D eigenvalue weighted by atomic mass is 19.1. The van der Waals surface area contributed by atoms with Gasteiger partial charge in [-0.2, -0.15) is 5.10 Å². The summed E-state index contributed by atoms with van der Waals surface area (Å²) < 4.78 is 19.0. The van der Waals surface area contributed by atoms with Crippen molar-refractivity contribution >= 4 is 16.8 Å². The van der Waals surface area contributed by atoms with Gasteiger partial charge in [-0.05, 0) is 48.9 Å². The van der Waals surface area contributed by atoms with Crippen molar-refractivity contribution in [2.45, 2.75) is 32.2 Å². The lowest BCUT2D eigenvalue weighted by atomic mass is 9.99. The molecule has 6 nitrogen and oxygen atoms in total. The molecule has 0 bridgehead atoms. The van der Waals surface area contributed by atoms with Gasteiger partial charge in [0.2, 0.25) is 5.88 Å². The van der Waals surface area contributed by atoms with Gasteiger partial charge in [-0.15, -0.1) is 0 Å². The number of amides is 1. The zero-order valence-electron chi connectivity index (χ0n) is 14.4. The van der Waals surface area contributed by atoms with Gasteiger partial charge in [0, 0.05) is 18.1 Å². The second-order valence-corrected chi connectivity index (χ2v) is 6.37. The number of rotatable bonds is 6. The Balaban J connectivity index is 1.55. The Hall–Kier alpha value is -2.96. The molecular formula is C19H19FN4O2. The van der Waals surface area contributed by atoms with Crippen LogP contribution in [0.2, 0.25) is 0 Å². The van der Waals surface area contributed by atoms with Crippen LogP contribution in [0.3, 0.4) is 0 Å². The summed E-state index contributed by atoms with van der Waals surface area (Å²) in [6.45, 7) is 2.42. The monoisotopic (exact) mass is 354 g/mol. The van der Waals surface area contributed by atoms with E-state index in [0.29, 0.717) is 19.1 Å². The molecule has 1 aliphatic rings. The first kappa shape index (κ1) is 16.5. The van der Waals surface area contributed by atoms with Gasteiger partial charge in [0.25, 0.3) is 5.91 Å². The lowest BCUT2D eigenvalue weighted by Gasteiger charge is -2.12. The van der Waals surface area contributed by atoms with Gasteiger partial charge >= 0.3 is 0 Å². The fourth-order valence-corrected chi connectivity index (χ4v) is 3.13. The third-order valence-electron chi connectivity index (χ3n) is 4.57. The number of nitrogens with zero attached hydrogens (tertiary/aromatic N) is 2. The molecule has 0 spiro atoms. The molecule has 2 heterocycles. The van der Waals surface area contributed by atoms with E-state index in [1.807, 2.05) is 6.07 Å². The molecule has 0 atom stereocenters. The predicted molar refractivity (Wildman–Crippen MR) is 94.6 cm³/mol. The second-order valence-electron chi connectivity index (χ2n) is 6.37. The van der Waals surface area contributed by atoms with Crippen LogP contribution in [0.15, 0.2) is 30.6 Å². The average molecular weight is 354 g/mol. The zero-order chi connectivity index (χ0) is 18.1. The van der Waals surface area contributed by atoms with Crippen LogP contribution in [0.4, 0.5) is 4.39 Å². The van der Waals surface area contributed by atoms with Crippen molar-refractivity contribution in [3.8, 4) is 5.88 Å². The highest BCUT2D eigenvalue weighted by Gasteiger charge is 2.27. The lowest BCUT2D eigenvalue weighted by Crippen LogP contribution is -2.24. The molecule has 1 aromatic carbocycles. The molecule has 0 aliphatic heterocycles. The second kappa shape index (κ2) is 6.74. The standard InChI is InChI=1S/C19H19FN4O2/c1-2-26-19-16(20)7-12(8-22-19)18(25)21-9-14-13(11-3-4-11)5-6-17-15(14)10-23-24-17/h5-8,10-11H,2-4,9H2,1H3,(H,21,25)(H,23,24). The van der Waals surface area contributed by atoms with E-state index in [9.17, 15) is 9.18 Å². The normalized spacial score (nSPS) is 13.8. The Morgan fingerprint density at radius 1 is 1.38 bits per heavy atom. The van der Waals surface area contributed by atoms with E-state index >= 15 is 0 Å². The number of hydrogen-bond donors (Lipinski definition) is 2. The molecule has 26 heavy (non-hydrogen) atoms. The predicted octanol–water partition coefficient (Wildman–Crippen LogP) is 3.30. The number of carbonyl (C=O) groups is 1. The summed E-state index contributed by atoms with van der Waals surface area (Å²) in [7, 11) is 0. The maximum Gasteiger partial charge on any atom is 0.253 e. The number of nitrogens with one attached hydrogen (secondary N) is 2. The smallest absolute Gasteiger partial charge is 0.253 e. The third-order valence-corrected chi connectivity index (χ3v) is 4.57. The van der Waals surface area contributed by atoms with E-state index in [4.69, 9.17) is 4.74 Å². The molecule has 7 heteroatoms. The number of fused-ring (bicyclic) bond motifs is 1. The van der Waals surface area contributed by atoms with Crippen molar-refractivity contribution < 1.29 is 13.9 Å². The highest BCUT2D eigenvalue weighted by Crippen LogP contribution is 2.43. The minimum Gasteiger partial charge on any atom is -0.476 e. The van der Waals surface area contributed by atoms with E-state index in [2.05, 4.69) is 26.6 Å². The third kappa shape index (κ3) is 3.12. The number of halogens is 1. The first-order valence-corrected chi connectivity index (χ1v) is 8.68. The molecule has 2 aromatic heterocycles. The molecule has 1 fully saturated rings. The van der Waals surface area contributed by atoms with Gasteiger partial charge in [0.05, 0.1) is 23.9 Å². The molecule has 2 N–H and O–H groups in total. The summed E-state index contributed by atoms with van der Waals surface area (Å²) in [4.78, 5) is 16.3. The van der Waals surface area contributed by atoms with Crippen LogP contribution in [0.25, 0.3) is 10.9 Å². The molecule has 0 radical (unpaired) electrons. The fraction of sp³-hybridized carbons (Fsp3) is 0.316. The maximum atomic E-state index is 13.9. The number of aromatic nitrogens is 3. The minimum absolute atomic E-state index is 0.0942. The molecule has 134 valence electrons. The van der Waals surface area contributed by atoms with Crippen LogP contribution in [-0.4, -0.2) is 27.7 Å². The molecule has 1 saturated carbocycles.